The van der Waals surface area contributed by atoms with Crippen molar-refractivity contribution in [3.63, 3.8) is 0 Å². The van der Waals surface area contributed by atoms with Crippen molar-refractivity contribution in [3.05, 3.63) is 30.5 Å². The Bertz CT molecular complexity index is 515. The van der Waals surface area contributed by atoms with Crippen molar-refractivity contribution in [2.45, 2.75) is 12.7 Å². The minimum absolute atomic E-state index is 0.278. The summed E-state index contributed by atoms with van der Waals surface area (Å²) in [6.07, 6.45) is 1.24. The second kappa shape index (κ2) is 4.04. The van der Waals surface area contributed by atoms with Gasteiger partial charge in [0.05, 0.1) is 18.4 Å². The smallest absolute Gasteiger partial charge is 0.343 e. The van der Waals surface area contributed by atoms with Gasteiger partial charge in [-0.2, -0.15) is 13.2 Å². The van der Waals surface area contributed by atoms with Crippen molar-refractivity contribution in [1.29, 1.82) is 0 Å². The van der Waals surface area contributed by atoms with E-state index in [-0.39, 0.29) is 6.54 Å². The van der Waals surface area contributed by atoms with Crippen LogP contribution in [-0.4, -0.2) is 26.5 Å². The number of alkyl halides is 3. The molecule has 2 heterocycles. The summed E-state index contributed by atoms with van der Waals surface area (Å²) in [6.45, 7) is -0.278. The molecule has 0 unspecified atom stereocenters. The molecule has 0 radical (unpaired) electrons. The third kappa shape index (κ3) is 2.52. The van der Waals surface area contributed by atoms with E-state index in [0.717, 1.165) is 0 Å². The summed E-state index contributed by atoms with van der Waals surface area (Å²) in [5, 5.41) is 1.74. The van der Waals surface area contributed by atoms with Gasteiger partial charge in [-0.15, -0.1) is 0 Å². The Hall–Kier alpha value is -2.12. The number of nitrogens with one attached hydrogen (secondary N) is 1. The van der Waals surface area contributed by atoms with Crippen molar-refractivity contribution < 1.29 is 18.0 Å². The average Bonchev–Trinajstić information content (AvgIpc) is 2.66. The fourth-order valence-corrected chi connectivity index (χ4v) is 1.25. The highest BCUT2D eigenvalue weighted by molar-refractivity contribution is 5.81. The van der Waals surface area contributed by atoms with E-state index in [0.29, 0.717) is 11.3 Å². The summed E-state index contributed by atoms with van der Waals surface area (Å²) < 4.78 is 37.3. The quantitative estimate of drug-likeness (QED) is 0.854. The molecule has 1 N–H and O–H groups in total. The minimum atomic E-state index is -4.87. The molecule has 0 aliphatic rings. The number of hydrogen-bond donors (Lipinski definition) is 1. The Kier molecular flexibility index (Phi) is 2.70. The van der Waals surface area contributed by atoms with Gasteiger partial charge < -0.3 is 9.72 Å². The van der Waals surface area contributed by atoms with Crippen LogP contribution in [0.2, 0.25) is 0 Å². The van der Waals surface area contributed by atoms with Crippen LogP contribution in [0.15, 0.2) is 24.8 Å². The number of halogens is 3. The highest BCUT2D eigenvalue weighted by Crippen LogP contribution is 2.14. The average molecular weight is 244 g/mol. The summed E-state index contributed by atoms with van der Waals surface area (Å²) in [6, 6.07) is 0. The fourth-order valence-electron chi connectivity index (χ4n) is 1.25. The zero-order valence-corrected chi connectivity index (χ0v) is 8.40. The molecule has 0 spiro atoms. The standard InChI is InChI=1S/C9H7F3N4O/c10-9(11,12)8(17)14-3-6-5-16-2-1-13-4-7(16)15-6/h1-2,4-5H,3H2,(H,14,17). The van der Waals surface area contributed by atoms with Gasteiger partial charge in [-0.1, -0.05) is 0 Å². The summed E-state index contributed by atoms with van der Waals surface area (Å²) in [5.74, 6) is -1.98. The van der Waals surface area contributed by atoms with Crippen LogP contribution in [0.3, 0.4) is 0 Å². The van der Waals surface area contributed by atoms with Crippen LogP contribution in [0.1, 0.15) is 5.69 Å². The number of nitrogens with zero attached hydrogens (tertiary/aromatic N) is 3. The van der Waals surface area contributed by atoms with Crippen LogP contribution in [0, 0.1) is 0 Å². The molecule has 0 aliphatic carbocycles. The van der Waals surface area contributed by atoms with E-state index in [2.05, 4.69) is 9.97 Å². The van der Waals surface area contributed by atoms with Gasteiger partial charge >= 0.3 is 12.1 Å². The van der Waals surface area contributed by atoms with Crippen LogP contribution >= 0.6 is 0 Å². The zero-order chi connectivity index (χ0) is 12.5. The highest BCUT2D eigenvalue weighted by Gasteiger charge is 2.38. The molecule has 1 amide bonds. The van der Waals surface area contributed by atoms with Gasteiger partial charge in [0.2, 0.25) is 0 Å². The van der Waals surface area contributed by atoms with Crippen LogP contribution in [0.4, 0.5) is 13.2 Å². The lowest BCUT2D eigenvalue weighted by molar-refractivity contribution is -0.173. The Morgan fingerprint density at radius 3 is 2.88 bits per heavy atom. The lowest BCUT2D eigenvalue weighted by Crippen LogP contribution is -2.36. The number of carbonyl (C=O) groups is 1. The number of imidazole rings is 1. The monoisotopic (exact) mass is 244 g/mol. The molecule has 5 nitrogen and oxygen atoms in total. The van der Waals surface area contributed by atoms with Crippen molar-refractivity contribution in [2.24, 2.45) is 0 Å². The Morgan fingerprint density at radius 1 is 1.47 bits per heavy atom. The first kappa shape index (κ1) is 11.4. The lowest BCUT2D eigenvalue weighted by atomic mass is 10.4. The maximum Gasteiger partial charge on any atom is 0.471 e. The van der Waals surface area contributed by atoms with E-state index in [4.69, 9.17) is 0 Å². The Balaban J connectivity index is 2.07. The maximum atomic E-state index is 11.9. The molecule has 0 fully saturated rings. The zero-order valence-electron chi connectivity index (χ0n) is 8.40. The number of aromatic nitrogens is 3. The lowest BCUT2D eigenvalue weighted by Gasteiger charge is -2.05. The predicted octanol–water partition coefficient (Wildman–Crippen LogP) is 0.908. The molecule has 0 saturated carbocycles. The molecule has 8 heteroatoms. The van der Waals surface area contributed by atoms with Gasteiger partial charge in [0.1, 0.15) is 0 Å². The van der Waals surface area contributed by atoms with Gasteiger partial charge in [-0.05, 0) is 0 Å². The fraction of sp³-hybridized carbons (Fsp3) is 0.222. The summed E-state index contributed by atoms with van der Waals surface area (Å²) >= 11 is 0. The molecule has 0 aromatic carbocycles. The van der Waals surface area contributed by atoms with Gasteiger partial charge in [-0.3, -0.25) is 9.78 Å². The van der Waals surface area contributed by atoms with Crippen LogP contribution < -0.4 is 5.32 Å². The molecule has 2 aromatic rings. The van der Waals surface area contributed by atoms with Crippen molar-refractivity contribution in [3.8, 4) is 0 Å². The molecule has 2 rings (SSSR count). The Morgan fingerprint density at radius 2 is 2.24 bits per heavy atom. The molecule has 0 atom stereocenters. The highest BCUT2D eigenvalue weighted by atomic mass is 19.4. The van der Waals surface area contributed by atoms with Crippen molar-refractivity contribution in [1.82, 2.24) is 19.7 Å². The molecule has 0 saturated heterocycles. The summed E-state index contributed by atoms with van der Waals surface area (Å²) in [5.41, 5.74) is 0.833. The van der Waals surface area contributed by atoms with Gasteiger partial charge in [0.15, 0.2) is 5.65 Å². The molecular formula is C9H7F3N4O. The number of carbonyl (C=O) groups excluding carboxylic acids is 1. The van der Waals surface area contributed by atoms with Gasteiger partial charge in [-0.25, -0.2) is 4.98 Å². The first-order valence-electron chi connectivity index (χ1n) is 4.59. The van der Waals surface area contributed by atoms with E-state index in [1.807, 2.05) is 0 Å². The van der Waals surface area contributed by atoms with E-state index in [1.54, 1.807) is 15.9 Å². The van der Waals surface area contributed by atoms with Gasteiger partial charge in [0.25, 0.3) is 0 Å². The Labute approximate surface area is 93.3 Å². The normalized spacial score (nSPS) is 11.7. The second-order valence-electron chi connectivity index (χ2n) is 3.25. The van der Waals surface area contributed by atoms with Crippen LogP contribution in [-0.2, 0) is 11.3 Å². The third-order valence-electron chi connectivity index (χ3n) is 2.00. The van der Waals surface area contributed by atoms with E-state index < -0.39 is 12.1 Å². The van der Waals surface area contributed by atoms with Gasteiger partial charge in [0, 0.05) is 18.6 Å². The molecule has 0 aliphatic heterocycles. The molecule has 17 heavy (non-hydrogen) atoms. The predicted molar refractivity (Wildman–Crippen MR) is 50.9 cm³/mol. The van der Waals surface area contributed by atoms with E-state index in [9.17, 15) is 18.0 Å². The first-order valence-corrected chi connectivity index (χ1v) is 4.59. The van der Waals surface area contributed by atoms with E-state index >= 15 is 0 Å². The number of rotatable bonds is 2. The third-order valence-corrected chi connectivity index (χ3v) is 2.00. The molecular weight excluding hydrogens is 237 g/mol. The largest absolute Gasteiger partial charge is 0.471 e. The van der Waals surface area contributed by atoms with Crippen LogP contribution in [0.5, 0.6) is 0 Å². The van der Waals surface area contributed by atoms with Crippen molar-refractivity contribution in [2.75, 3.05) is 0 Å². The first-order chi connectivity index (χ1) is 7.97. The molecule has 90 valence electrons. The SMILES string of the molecule is O=C(NCc1cn2ccncc2n1)C(F)(F)F. The topological polar surface area (TPSA) is 59.3 Å². The second-order valence-corrected chi connectivity index (χ2v) is 3.25. The number of amides is 1. The summed E-state index contributed by atoms with van der Waals surface area (Å²) in [4.78, 5) is 18.4. The molecule has 0 bridgehead atoms. The number of fused-ring (bicyclic) bond motifs is 1. The summed E-state index contributed by atoms with van der Waals surface area (Å²) in [7, 11) is 0. The minimum Gasteiger partial charge on any atom is -0.343 e. The van der Waals surface area contributed by atoms with Crippen molar-refractivity contribution >= 4 is 11.6 Å². The molecule has 2 aromatic heterocycles. The number of hydrogen-bond acceptors (Lipinski definition) is 3. The van der Waals surface area contributed by atoms with Crippen LogP contribution in [0.25, 0.3) is 5.65 Å². The maximum absolute atomic E-state index is 11.9. The van der Waals surface area contributed by atoms with E-state index in [1.165, 1.54) is 18.6 Å².